The number of rotatable bonds is 5. The Labute approximate surface area is 164 Å². The number of hydrogen-bond donors (Lipinski definition) is 0. The maximum absolute atomic E-state index is 12.5. The highest BCUT2D eigenvalue weighted by Gasteiger charge is 2.25. The lowest BCUT2D eigenvalue weighted by atomic mass is 9.93. The van der Waals surface area contributed by atoms with Gasteiger partial charge in [-0.15, -0.1) is 11.3 Å². The first kappa shape index (κ1) is 18.0. The summed E-state index contributed by atoms with van der Waals surface area (Å²) in [5.74, 6) is 1.94. The molecule has 1 fully saturated rings. The van der Waals surface area contributed by atoms with E-state index in [4.69, 9.17) is 0 Å². The molecule has 0 unspecified atom stereocenters. The molecule has 1 saturated heterocycles. The predicted molar refractivity (Wildman–Crippen MR) is 109 cm³/mol. The van der Waals surface area contributed by atoms with Gasteiger partial charge in [-0.1, -0.05) is 36.4 Å². The predicted octanol–water partition coefficient (Wildman–Crippen LogP) is 4.40. The average molecular weight is 380 g/mol. The van der Waals surface area contributed by atoms with E-state index in [2.05, 4.69) is 46.8 Å². The Hall–Kier alpha value is -2.40. The zero-order valence-electron chi connectivity index (χ0n) is 15.7. The molecule has 3 heterocycles. The van der Waals surface area contributed by atoms with Crippen molar-refractivity contribution in [3.05, 3.63) is 76.0 Å². The van der Waals surface area contributed by atoms with Gasteiger partial charge in [-0.2, -0.15) is 0 Å². The molecule has 1 amide bonds. The lowest BCUT2D eigenvalue weighted by Crippen LogP contribution is -2.38. The van der Waals surface area contributed by atoms with Crippen LogP contribution in [0.15, 0.2) is 54.0 Å². The first-order chi connectivity index (χ1) is 13.2. The van der Waals surface area contributed by atoms with Crippen LogP contribution in [0.4, 0.5) is 0 Å². The molecule has 0 bridgehead atoms. The van der Waals surface area contributed by atoms with Crippen molar-refractivity contribution < 1.29 is 4.79 Å². The van der Waals surface area contributed by atoms with Crippen LogP contribution in [0.1, 0.15) is 39.6 Å². The second-order valence-corrected chi connectivity index (χ2v) is 8.25. The summed E-state index contributed by atoms with van der Waals surface area (Å²) in [6, 6.07) is 14.4. The minimum absolute atomic E-state index is 0.185. The number of thiophene rings is 1. The number of carbonyl (C=O) groups is 1. The fraction of sp³-hybridized carbons (Fsp3) is 0.364. The van der Waals surface area contributed by atoms with E-state index in [1.165, 1.54) is 28.4 Å². The maximum Gasteiger partial charge on any atom is 0.263 e. The second-order valence-electron chi connectivity index (χ2n) is 7.30. The number of aromatic nitrogens is 2. The molecule has 4 rings (SSSR count). The number of carbonyl (C=O) groups excluding carboxylic acids is 1. The van der Waals surface area contributed by atoms with Crippen LogP contribution in [0.2, 0.25) is 0 Å². The van der Waals surface area contributed by atoms with Crippen molar-refractivity contribution in [2.75, 3.05) is 13.1 Å². The number of aryl methyl sites for hydroxylation is 1. The van der Waals surface area contributed by atoms with E-state index in [1.54, 1.807) is 0 Å². The fourth-order valence-electron chi connectivity index (χ4n) is 3.81. The van der Waals surface area contributed by atoms with E-state index < -0.39 is 0 Å². The van der Waals surface area contributed by atoms with Crippen molar-refractivity contribution in [3.8, 4) is 0 Å². The van der Waals surface area contributed by atoms with Crippen LogP contribution >= 0.6 is 11.3 Å². The van der Waals surface area contributed by atoms with Gasteiger partial charge in [0.2, 0.25) is 0 Å². The highest BCUT2D eigenvalue weighted by Crippen LogP contribution is 2.24. The van der Waals surface area contributed by atoms with Crippen LogP contribution in [-0.2, 0) is 13.0 Å². The molecule has 2 aromatic heterocycles. The van der Waals surface area contributed by atoms with Gasteiger partial charge in [-0.05, 0) is 42.7 Å². The molecule has 1 aromatic carbocycles. The molecule has 140 valence electrons. The Balaban J connectivity index is 1.38. The van der Waals surface area contributed by atoms with Crippen LogP contribution in [-0.4, -0.2) is 33.4 Å². The SMILES string of the molecule is Cc1cnc(CC2CCN(C(=O)c3cccs3)CC2)n1Cc1ccccc1. The van der Waals surface area contributed by atoms with Gasteiger partial charge >= 0.3 is 0 Å². The van der Waals surface area contributed by atoms with Crippen molar-refractivity contribution in [2.24, 2.45) is 5.92 Å². The van der Waals surface area contributed by atoms with Gasteiger partial charge in [0.1, 0.15) is 5.82 Å². The highest BCUT2D eigenvalue weighted by molar-refractivity contribution is 7.12. The zero-order valence-corrected chi connectivity index (χ0v) is 16.5. The lowest BCUT2D eigenvalue weighted by Gasteiger charge is -2.31. The fourth-order valence-corrected chi connectivity index (χ4v) is 4.50. The summed E-state index contributed by atoms with van der Waals surface area (Å²) >= 11 is 1.53. The molecule has 27 heavy (non-hydrogen) atoms. The zero-order chi connectivity index (χ0) is 18.6. The van der Waals surface area contributed by atoms with E-state index in [1.807, 2.05) is 28.6 Å². The maximum atomic E-state index is 12.5. The number of imidazole rings is 1. The Kier molecular flexibility index (Phi) is 5.39. The molecule has 1 aliphatic heterocycles. The van der Waals surface area contributed by atoms with Crippen LogP contribution in [0.3, 0.4) is 0 Å². The number of amides is 1. The van der Waals surface area contributed by atoms with Crippen LogP contribution in [0.25, 0.3) is 0 Å². The van der Waals surface area contributed by atoms with E-state index in [0.29, 0.717) is 5.92 Å². The van der Waals surface area contributed by atoms with Crippen molar-refractivity contribution in [1.82, 2.24) is 14.5 Å². The molecule has 5 heteroatoms. The molecule has 3 aromatic rings. The first-order valence-electron chi connectivity index (χ1n) is 9.58. The summed E-state index contributed by atoms with van der Waals surface area (Å²) in [6.45, 7) is 4.69. The Morgan fingerprint density at radius 3 is 2.63 bits per heavy atom. The molecular weight excluding hydrogens is 354 g/mol. The summed E-state index contributed by atoms with van der Waals surface area (Å²) in [4.78, 5) is 20.0. The summed E-state index contributed by atoms with van der Waals surface area (Å²) in [5, 5.41) is 1.97. The van der Waals surface area contributed by atoms with Gasteiger partial charge in [-0.25, -0.2) is 4.98 Å². The van der Waals surface area contributed by atoms with Crippen LogP contribution in [0.5, 0.6) is 0 Å². The highest BCUT2D eigenvalue weighted by atomic mass is 32.1. The van der Waals surface area contributed by atoms with Crippen LogP contribution in [0, 0.1) is 12.8 Å². The normalized spacial score (nSPS) is 15.2. The molecule has 0 aliphatic carbocycles. The summed E-state index contributed by atoms with van der Waals surface area (Å²) in [6.07, 6.45) is 5.07. The topological polar surface area (TPSA) is 38.1 Å². The minimum Gasteiger partial charge on any atom is -0.338 e. The summed E-state index contributed by atoms with van der Waals surface area (Å²) in [5.41, 5.74) is 2.51. The third-order valence-electron chi connectivity index (χ3n) is 5.43. The second kappa shape index (κ2) is 8.09. The van der Waals surface area contributed by atoms with Crippen LogP contribution < -0.4 is 0 Å². The third kappa shape index (κ3) is 4.14. The lowest BCUT2D eigenvalue weighted by molar-refractivity contribution is 0.0694. The molecule has 0 N–H and O–H groups in total. The standard InChI is InChI=1S/C22H25N3OS/c1-17-15-23-21(25(17)16-19-6-3-2-4-7-19)14-18-9-11-24(12-10-18)22(26)20-8-5-13-27-20/h2-8,13,15,18H,9-12,14,16H2,1H3. The molecule has 0 spiro atoms. The van der Waals surface area contributed by atoms with Gasteiger partial charge < -0.3 is 9.47 Å². The number of likely N-dealkylation sites (tertiary alicyclic amines) is 1. The number of nitrogens with zero attached hydrogens (tertiary/aromatic N) is 3. The Bertz CT molecular complexity index is 878. The first-order valence-corrected chi connectivity index (χ1v) is 10.5. The number of benzene rings is 1. The molecule has 0 saturated carbocycles. The van der Waals surface area contributed by atoms with Crippen molar-refractivity contribution in [1.29, 1.82) is 0 Å². The number of hydrogen-bond acceptors (Lipinski definition) is 3. The van der Waals surface area contributed by atoms with Gasteiger partial charge in [-0.3, -0.25) is 4.79 Å². The number of piperidine rings is 1. The molecule has 0 atom stereocenters. The summed E-state index contributed by atoms with van der Waals surface area (Å²) in [7, 11) is 0. The summed E-state index contributed by atoms with van der Waals surface area (Å²) < 4.78 is 2.33. The quantitative estimate of drug-likeness (QED) is 0.659. The van der Waals surface area contributed by atoms with E-state index in [-0.39, 0.29) is 5.91 Å². The van der Waals surface area contributed by atoms with E-state index in [0.717, 1.165) is 43.8 Å². The van der Waals surface area contributed by atoms with Crippen molar-refractivity contribution in [3.63, 3.8) is 0 Å². The molecule has 1 aliphatic rings. The minimum atomic E-state index is 0.185. The molecular formula is C22H25N3OS. The van der Waals surface area contributed by atoms with E-state index in [9.17, 15) is 4.79 Å². The van der Waals surface area contributed by atoms with Gasteiger partial charge in [0.15, 0.2) is 0 Å². The van der Waals surface area contributed by atoms with Gasteiger partial charge in [0.05, 0.1) is 4.88 Å². The van der Waals surface area contributed by atoms with Crippen molar-refractivity contribution in [2.45, 2.75) is 32.7 Å². The monoisotopic (exact) mass is 379 g/mol. The smallest absolute Gasteiger partial charge is 0.263 e. The Morgan fingerprint density at radius 2 is 1.93 bits per heavy atom. The average Bonchev–Trinajstić information content (AvgIpc) is 3.35. The largest absolute Gasteiger partial charge is 0.338 e. The third-order valence-corrected chi connectivity index (χ3v) is 6.28. The Morgan fingerprint density at radius 1 is 1.15 bits per heavy atom. The molecule has 0 radical (unpaired) electrons. The van der Waals surface area contributed by atoms with Gasteiger partial charge in [0.25, 0.3) is 5.91 Å². The molecule has 4 nitrogen and oxygen atoms in total. The van der Waals surface area contributed by atoms with E-state index >= 15 is 0 Å². The van der Waals surface area contributed by atoms with Crippen molar-refractivity contribution >= 4 is 17.2 Å². The van der Waals surface area contributed by atoms with Gasteiger partial charge in [0, 0.05) is 37.9 Å².